The summed E-state index contributed by atoms with van der Waals surface area (Å²) >= 11 is 0. The molecule has 3 fully saturated rings. The maximum Gasteiger partial charge on any atom is 0.253 e. The van der Waals surface area contributed by atoms with Crippen LogP contribution in [0.1, 0.15) is 49.4 Å². The van der Waals surface area contributed by atoms with E-state index in [0.29, 0.717) is 31.7 Å². The van der Waals surface area contributed by atoms with E-state index < -0.39 is 0 Å². The fourth-order valence-electron chi connectivity index (χ4n) is 5.40. The van der Waals surface area contributed by atoms with Crippen molar-refractivity contribution < 1.29 is 14.7 Å². The first kappa shape index (κ1) is 18.5. The number of nitrogens with zero attached hydrogens (tertiary/aromatic N) is 2. The van der Waals surface area contributed by atoms with Crippen molar-refractivity contribution in [1.29, 1.82) is 0 Å². The Bertz CT molecular complexity index is 714. The predicted octanol–water partition coefficient (Wildman–Crippen LogP) is 2.55. The second kappa shape index (κ2) is 6.93. The number of hydrogen-bond donors (Lipinski definition) is 1. The maximum absolute atomic E-state index is 13.2. The van der Waals surface area contributed by atoms with Crippen LogP contribution in [0.15, 0.2) is 30.3 Å². The number of likely N-dealkylation sites (tertiary alicyclic amines) is 2. The van der Waals surface area contributed by atoms with E-state index >= 15 is 0 Å². The average molecular weight is 370 g/mol. The first-order chi connectivity index (χ1) is 13.0. The molecule has 0 aromatic heterocycles. The van der Waals surface area contributed by atoms with Crippen LogP contribution in [0.4, 0.5) is 0 Å². The SMILES string of the molecule is CC1(C(=O)N2C[C@H]3CN(C(=O)c4ccccc4)C[C@@]3(CO)C2)CCCCC1. The van der Waals surface area contributed by atoms with Crippen LogP contribution in [0, 0.1) is 16.7 Å². The minimum atomic E-state index is -0.370. The molecule has 0 unspecified atom stereocenters. The van der Waals surface area contributed by atoms with Crippen LogP contribution in [0.3, 0.4) is 0 Å². The monoisotopic (exact) mass is 370 g/mol. The summed E-state index contributed by atoms with van der Waals surface area (Å²) < 4.78 is 0. The fourth-order valence-corrected chi connectivity index (χ4v) is 5.40. The topological polar surface area (TPSA) is 60.9 Å². The maximum atomic E-state index is 13.2. The van der Waals surface area contributed by atoms with Crippen molar-refractivity contribution in [3.63, 3.8) is 0 Å². The van der Waals surface area contributed by atoms with Crippen LogP contribution in [0.25, 0.3) is 0 Å². The molecule has 1 aromatic rings. The summed E-state index contributed by atoms with van der Waals surface area (Å²) in [6.45, 7) is 4.52. The van der Waals surface area contributed by atoms with E-state index in [1.165, 1.54) is 6.42 Å². The molecule has 2 atom stereocenters. The van der Waals surface area contributed by atoms with Crippen LogP contribution in [-0.4, -0.2) is 59.5 Å². The van der Waals surface area contributed by atoms with Crippen molar-refractivity contribution in [1.82, 2.24) is 9.80 Å². The number of benzene rings is 1. The smallest absolute Gasteiger partial charge is 0.253 e. The number of rotatable bonds is 3. The van der Waals surface area contributed by atoms with Gasteiger partial charge in [0.25, 0.3) is 5.91 Å². The van der Waals surface area contributed by atoms with Crippen LogP contribution < -0.4 is 0 Å². The lowest BCUT2D eigenvalue weighted by Crippen LogP contribution is -2.45. The van der Waals surface area contributed by atoms with E-state index in [4.69, 9.17) is 0 Å². The Morgan fingerprint density at radius 1 is 1.04 bits per heavy atom. The van der Waals surface area contributed by atoms with Gasteiger partial charge in [-0.1, -0.05) is 44.4 Å². The van der Waals surface area contributed by atoms with Crippen molar-refractivity contribution in [3.8, 4) is 0 Å². The van der Waals surface area contributed by atoms with Gasteiger partial charge in [-0.15, -0.1) is 0 Å². The minimum absolute atomic E-state index is 0.0231. The summed E-state index contributed by atoms with van der Waals surface area (Å²) in [4.78, 5) is 29.9. The number of hydrogen-bond acceptors (Lipinski definition) is 3. The lowest BCUT2D eigenvalue weighted by atomic mass is 9.74. The second-order valence-corrected chi connectivity index (χ2v) is 9.08. The molecule has 2 amide bonds. The Morgan fingerprint density at radius 2 is 1.67 bits per heavy atom. The van der Waals surface area contributed by atoms with Crippen LogP contribution in [-0.2, 0) is 4.79 Å². The molecule has 1 saturated carbocycles. The zero-order chi connectivity index (χ0) is 19.1. The normalized spacial score (nSPS) is 29.6. The molecule has 2 saturated heterocycles. The molecule has 1 N–H and O–H groups in total. The number of fused-ring (bicyclic) bond motifs is 1. The molecular weight excluding hydrogens is 340 g/mol. The van der Waals surface area contributed by atoms with E-state index in [1.54, 1.807) is 0 Å². The summed E-state index contributed by atoms with van der Waals surface area (Å²) in [7, 11) is 0. The van der Waals surface area contributed by atoms with Gasteiger partial charge in [0, 0.05) is 48.5 Å². The molecule has 4 rings (SSSR count). The lowest BCUT2D eigenvalue weighted by Gasteiger charge is -2.36. The van der Waals surface area contributed by atoms with Gasteiger partial charge in [0.15, 0.2) is 0 Å². The first-order valence-corrected chi connectivity index (χ1v) is 10.2. The molecule has 27 heavy (non-hydrogen) atoms. The average Bonchev–Trinajstić information content (AvgIpc) is 3.23. The third-order valence-corrected chi connectivity index (χ3v) is 7.14. The second-order valence-electron chi connectivity index (χ2n) is 9.08. The van der Waals surface area contributed by atoms with Crippen molar-refractivity contribution in [3.05, 3.63) is 35.9 Å². The van der Waals surface area contributed by atoms with Gasteiger partial charge >= 0.3 is 0 Å². The molecule has 146 valence electrons. The number of carbonyl (C=O) groups excluding carboxylic acids is 2. The summed E-state index contributed by atoms with van der Waals surface area (Å²) in [6, 6.07) is 9.32. The van der Waals surface area contributed by atoms with Crippen LogP contribution in [0.5, 0.6) is 0 Å². The number of aliphatic hydroxyl groups excluding tert-OH is 1. The Labute approximate surface area is 161 Å². The highest BCUT2D eigenvalue weighted by molar-refractivity contribution is 5.94. The Kier molecular flexibility index (Phi) is 4.75. The van der Waals surface area contributed by atoms with Gasteiger partial charge in [-0.2, -0.15) is 0 Å². The molecule has 0 spiro atoms. The summed E-state index contributed by atoms with van der Waals surface area (Å²) in [5.41, 5.74) is 0.0753. The number of carbonyl (C=O) groups is 2. The molecule has 2 aliphatic heterocycles. The van der Waals surface area contributed by atoms with E-state index in [2.05, 4.69) is 6.92 Å². The highest BCUT2D eigenvalue weighted by Crippen LogP contribution is 2.45. The van der Waals surface area contributed by atoms with Gasteiger partial charge in [0.05, 0.1) is 6.61 Å². The molecule has 5 nitrogen and oxygen atoms in total. The number of aliphatic hydroxyl groups is 1. The predicted molar refractivity (Wildman–Crippen MR) is 103 cm³/mol. The molecule has 3 aliphatic rings. The van der Waals surface area contributed by atoms with E-state index in [9.17, 15) is 14.7 Å². The molecule has 2 heterocycles. The van der Waals surface area contributed by atoms with Gasteiger partial charge in [-0.05, 0) is 25.0 Å². The molecule has 5 heteroatoms. The van der Waals surface area contributed by atoms with E-state index in [1.807, 2.05) is 40.1 Å². The van der Waals surface area contributed by atoms with Crippen molar-refractivity contribution in [2.24, 2.45) is 16.7 Å². The van der Waals surface area contributed by atoms with Gasteiger partial charge in [0.2, 0.25) is 5.91 Å². The van der Waals surface area contributed by atoms with Gasteiger partial charge in [-0.25, -0.2) is 0 Å². The summed E-state index contributed by atoms with van der Waals surface area (Å²) in [5, 5.41) is 10.2. The zero-order valence-corrected chi connectivity index (χ0v) is 16.2. The number of amides is 2. The quantitative estimate of drug-likeness (QED) is 0.889. The largest absolute Gasteiger partial charge is 0.396 e. The summed E-state index contributed by atoms with van der Waals surface area (Å²) in [6.07, 6.45) is 5.42. The molecule has 1 aromatic carbocycles. The van der Waals surface area contributed by atoms with E-state index in [-0.39, 0.29) is 35.2 Å². The first-order valence-electron chi connectivity index (χ1n) is 10.2. The van der Waals surface area contributed by atoms with Crippen LogP contribution in [0.2, 0.25) is 0 Å². The van der Waals surface area contributed by atoms with Gasteiger partial charge in [-0.3, -0.25) is 9.59 Å². The third kappa shape index (κ3) is 3.16. The highest BCUT2D eigenvalue weighted by atomic mass is 16.3. The minimum Gasteiger partial charge on any atom is -0.396 e. The van der Waals surface area contributed by atoms with Crippen molar-refractivity contribution in [2.75, 3.05) is 32.8 Å². The van der Waals surface area contributed by atoms with Crippen molar-refractivity contribution >= 4 is 11.8 Å². The fraction of sp³-hybridized carbons (Fsp3) is 0.636. The summed E-state index contributed by atoms with van der Waals surface area (Å²) in [5.74, 6) is 0.437. The third-order valence-electron chi connectivity index (χ3n) is 7.14. The molecular formula is C22H30N2O3. The molecule has 1 aliphatic carbocycles. The van der Waals surface area contributed by atoms with Gasteiger partial charge in [0.1, 0.15) is 0 Å². The lowest BCUT2D eigenvalue weighted by molar-refractivity contribution is -0.142. The van der Waals surface area contributed by atoms with Crippen molar-refractivity contribution in [2.45, 2.75) is 39.0 Å². The standard InChI is InChI=1S/C22H30N2O3/c1-21(10-6-3-7-11-21)20(27)24-13-18-12-23(14-22(18,15-24)16-25)19(26)17-8-4-2-5-9-17/h2,4-5,8-9,18,25H,3,6-7,10-16H2,1H3/t18-,22+/m1/s1. The zero-order valence-electron chi connectivity index (χ0n) is 16.2. The van der Waals surface area contributed by atoms with Crippen LogP contribution >= 0.6 is 0 Å². The molecule has 0 radical (unpaired) electrons. The van der Waals surface area contributed by atoms with E-state index in [0.717, 1.165) is 25.7 Å². The molecule has 0 bridgehead atoms. The highest BCUT2D eigenvalue weighted by Gasteiger charge is 2.55. The Balaban J connectivity index is 1.47. The Morgan fingerprint density at radius 3 is 2.30 bits per heavy atom. The van der Waals surface area contributed by atoms with Gasteiger partial charge < -0.3 is 14.9 Å². The Hall–Kier alpha value is -1.88.